The second-order valence-electron chi connectivity index (χ2n) is 10.0. The molecule has 0 aromatic heterocycles. The molecule has 0 heterocycles. The van der Waals surface area contributed by atoms with E-state index in [1.807, 2.05) is 20.8 Å². The molecule has 1 rings (SSSR count). The molecule has 0 aromatic carbocycles. The number of hydrogen-bond acceptors (Lipinski definition) is 9. The van der Waals surface area contributed by atoms with Crippen LogP contribution in [0.2, 0.25) is 0 Å². The zero-order valence-corrected chi connectivity index (χ0v) is 21.1. The predicted octanol–water partition coefficient (Wildman–Crippen LogP) is 2.33. The van der Waals surface area contributed by atoms with Crippen LogP contribution >= 0.6 is 0 Å². The van der Waals surface area contributed by atoms with Crippen LogP contribution in [-0.2, 0) is 38.1 Å². The van der Waals surface area contributed by atoms with E-state index in [0.29, 0.717) is 19.3 Å². The minimum absolute atomic E-state index is 0.00383. The van der Waals surface area contributed by atoms with Gasteiger partial charge in [0.1, 0.15) is 25.4 Å². The van der Waals surface area contributed by atoms with E-state index in [0.717, 1.165) is 12.8 Å². The van der Waals surface area contributed by atoms with Gasteiger partial charge < -0.3 is 29.4 Å². The van der Waals surface area contributed by atoms with Gasteiger partial charge in [0.2, 0.25) is 0 Å². The van der Waals surface area contributed by atoms with Crippen molar-refractivity contribution in [3.63, 3.8) is 0 Å². The summed E-state index contributed by atoms with van der Waals surface area (Å²) < 4.78 is 20.7. The van der Waals surface area contributed by atoms with Gasteiger partial charge in [0.15, 0.2) is 0 Å². The third kappa shape index (κ3) is 10.8. The number of rotatable bonds is 14. The molecule has 0 bridgehead atoms. The molecule has 0 radical (unpaired) electrons. The summed E-state index contributed by atoms with van der Waals surface area (Å²) in [5, 5.41) is 12.2. The first-order valence-corrected chi connectivity index (χ1v) is 11.9. The van der Waals surface area contributed by atoms with E-state index in [2.05, 4.69) is 5.32 Å². The summed E-state index contributed by atoms with van der Waals surface area (Å²) in [6.45, 7) is 7.97. The third-order valence-corrected chi connectivity index (χ3v) is 5.77. The molecule has 10 heteroatoms. The number of carbonyl (C=O) groups is 4. The molecule has 1 fully saturated rings. The van der Waals surface area contributed by atoms with E-state index < -0.39 is 41.3 Å². The number of carbonyl (C=O) groups excluding carboxylic acids is 3. The monoisotopic (exact) mass is 487 g/mol. The van der Waals surface area contributed by atoms with Gasteiger partial charge in [-0.05, 0) is 38.6 Å². The number of ether oxygens (including phenoxy) is 4. The van der Waals surface area contributed by atoms with Crippen LogP contribution in [0.25, 0.3) is 0 Å². The second-order valence-corrected chi connectivity index (χ2v) is 10.0. The van der Waals surface area contributed by atoms with Crippen LogP contribution in [0.15, 0.2) is 0 Å². The van der Waals surface area contributed by atoms with Gasteiger partial charge in [0.05, 0.1) is 31.5 Å². The van der Waals surface area contributed by atoms with Crippen molar-refractivity contribution in [1.82, 2.24) is 5.32 Å². The Balaban J connectivity index is 2.15. The molecular weight excluding hydrogens is 446 g/mol. The lowest BCUT2D eigenvalue weighted by Gasteiger charge is -2.33. The van der Waals surface area contributed by atoms with Crippen molar-refractivity contribution in [2.75, 3.05) is 40.1 Å². The van der Waals surface area contributed by atoms with Crippen molar-refractivity contribution in [3.8, 4) is 0 Å². The molecule has 10 nitrogen and oxygen atoms in total. The van der Waals surface area contributed by atoms with Crippen LogP contribution in [0.4, 0.5) is 0 Å². The van der Waals surface area contributed by atoms with Gasteiger partial charge in [0, 0.05) is 0 Å². The molecule has 2 N–H and O–H groups in total. The molecule has 3 atom stereocenters. The van der Waals surface area contributed by atoms with Gasteiger partial charge in [-0.25, -0.2) is 0 Å². The lowest BCUT2D eigenvalue weighted by Crippen LogP contribution is -2.51. The van der Waals surface area contributed by atoms with E-state index >= 15 is 0 Å². The first kappa shape index (κ1) is 29.8. The highest BCUT2D eigenvalue weighted by atomic mass is 16.6. The summed E-state index contributed by atoms with van der Waals surface area (Å²) >= 11 is 0. The van der Waals surface area contributed by atoms with Gasteiger partial charge in [0.25, 0.3) is 0 Å². The van der Waals surface area contributed by atoms with Crippen molar-refractivity contribution in [3.05, 3.63) is 0 Å². The number of aliphatic carboxylic acids is 1. The molecule has 196 valence electrons. The quantitative estimate of drug-likeness (QED) is 0.213. The van der Waals surface area contributed by atoms with Crippen LogP contribution in [-0.4, -0.2) is 74.6 Å². The standard InChI is InChI=1S/C24H41NO9/c1-23(2,3)16-24(4,25-5)22(30)34-15-14-32-19(26)10-11-31-12-13-33-21(29)18-9-7-6-8-17(18)20(27)28/h17-18,25H,6-16H2,1-5H3,(H,27,28). The molecule has 1 aliphatic carbocycles. The van der Waals surface area contributed by atoms with Crippen molar-refractivity contribution in [2.45, 2.75) is 71.8 Å². The molecule has 0 saturated heterocycles. The molecule has 3 unspecified atom stereocenters. The highest BCUT2D eigenvalue weighted by molar-refractivity contribution is 5.81. The molecule has 0 amide bonds. The zero-order chi connectivity index (χ0) is 25.8. The maximum Gasteiger partial charge on any atom is 0.326 e. The lowest BCUT2D eigenvalue weighted by atomic mass is 9.79. The fourth-order valence-corrected chi connectivity index (χ4v) is 4.12. The Bertz CT molecular complexity index is 688. The summed E-state index contributed by atoms with van der Waals surface area (Å²) in [7, 11) is 1.71. The Kier molecular flexibility index (Phi) is 12.5. The first-order valence-electron chi connectivity index (χ1n) is 11.9. The van der Waals surface area contributed by atoms with E-state index in [9.17, 15) is 24.3 Å². The van der Waals surface area contributed by atoms with E-state index in [-0.39, 0.29) is 44.9 Å². The SMILES string of the molecule is CNC(C)(CC(C)(C)C)C(=O)OCCOC(=O)CCOCCOC(=O)C1CCCCC1C(=O)O. The molecular formula is C24H41NO9. The average Bonchev–Trinajstić information content (AvgIpc) is 2.77. The van der Waals surface area contributed by atoms with E-state index in [4.69, 9.17) is 18.9 Å². The number of carboxylic acid groups (broad SMARTS) is 1. The van der Waals surface area contributed by atoms with Crippen LogP contribution in [0.1, 0.15) is 66.2 Å². The van der Waals surface area contributed by atoms with Crippen LogP contribution < -0.4 is 5.32 Å². The van der Waals surface area contributed by atoms with Gasteiger partial charge in [-0.1, -0.05) is 33.6 Å². The second kappa shape index (κ2) is 14.3. The van der Waals surface area contributed by atoms with Crippen molar-refractivity contribution in [1.29, 1.82) is 0 Å². The fraction of sp³-hybridized carbons (Fsp3) is 0.833. The van der Waals surface area contributed by atoms with Crippen LogP contribution in [0, 0.1) is 17.3 Å². The van der Waals surface area contributed by atoms with E-state index in [1.54, 1.807) is 14.0 Å². The summed E-state index contributed by atoms with van der Waals surface area (Å²) in [4.78, 5) is 47.6. The van der Waals surface area contributed by atoms with Crippen LogP contribution in [0.3, 0.4) is 0 Å². The smallest absolute Gasteiger partial charge is 0.326 e. The number of likely N-dealkylation sites (N-methyl/N-ethyl adjacent to an activating group) is 1. The minimum Gasteiger partial charge on any atom is -0.481 e. The maximum atomic E-state index is 12.4. The lowest BCUT2D eigenvalue weighted by molar-refractivity contribution is -0.161. The van der Waals surface area contributed by atoms with Gasteiger partial charge in [-0.2, -0.15) is 0 Å². The maximum absolute atomic E-state index is 12.4. The fourth-order valence-electron chi connectivity index (χ4n) is 4.12. The average molecular weight is 488 g/mol. The number of nitrogens with one attached hydrogen (secondary N) is 1. The molecule has 1 saturated carbocycles. The molecule has 1 aliphatic rings. The topological polar surface area (TPSA) is 137 Å². The largest absolute Gasteiger partial charge is 0.481 e. The molecule has 0 aromatic rings. The Morgan fingerprint density at radius 2 is 1.44 bits per heavy atom. The van der Waals surface area contributed by atoms with Crippen molar-refractivity contribution >= 4 is 23.9 Å². The minimum atomic E-state index is -0.966. The summed E-state index contributed by atoms with van der Waals surface area (Å²) in [5.41, 5.74) is -0.899. The van der Waals surface area contributed by atoms with Crippen molar-refractivity contribution < 1.29 is 43.2 Å². The first-order chi connectivity index (χ1) is 15.9. The third-order valence-electron chi connectivity index (χ3n) is 5.77. The van der Waals surface area contributed by atoms with Crippen molar-refractivity contribution in [2.24, 2.45) is 17.3 Å². The van der Waals surface area contributed by atoms with Gasteiger partial charge in [-0.3, -0.25) is 19.2 Å². The normalized spacial score (nSPS) is 20.1. The summed E-state index contributed by atoms with van der Waals surface area (Å²) in [6.07, 6.45) is 3.20. The molecule has 0 spiro atoms. The highest BCUT2D eigenvalue weighted by Crippen LogP contribution is 2.31. The summed E-state index contributed by atoms with van der Waals surface area (Å²) in [6, 6.07) is 0. The summed E-state index contributed by atoms with van der Waals surface area (Å²) in [5.74, 6) is -3.68. The number of hydrogen-bond donors (Lipinski definition) is 2. The Hall–Kier alpha value is -2.20. The molecule has 0 aliphatic heterocycles. The Morgan fingerprint density at radius 3 is 2.03 bits per heavy atom. The zero-order valence-electron chi connectivity index (χ0n) is 21.1. The van der Waals surface area contributed by atoms with E-state index in [1.165, 1.54) is 0 Å². The Labute approximate surface area is 202 Å². The Morgan fingerprint density at radius 1 is 0.853 bits per heavy atom. The van der Waals surface area contributed by atoms with Crippen LogP contribution in [0.5, 0.6) is 0 Å². The predicted molar refractivity (Wildman–Crippen MR) is 123 cm³/mol. The number of carboxylic acids is 1. The highest BCUT2D eigenvalue weighted by Gasteiger charge is 2.38. The number of esters is 3. The van der Waals surface area contributed by atoms with Gasteiger partial charge >= 0.3 is 23.9 Å². The van der Waals surface area contributed by atoms with Gasteiger partial charge in [-0.15, -0.1) is 0 Å². The molecule has 34 heavy (non-hydrogen) atoms.